The Morgan fingerprint density at radius 2 is 1.47 bits per heavy atom. The van der Waals surface area contributed by atoms with Crippen molar-refractivity contribution in [3.05, 3.63) is 108 Å². The van der Waals surface area contributed by atoms with Crippen LogP contribution in [-0.2, 0) is 28.9 Å². The highest BCUT2D eigenvalue weighted by Gasteiger charge is 2.42. The van der Waals surface area contributed by atoms with E-state index in [9.17, 15) is 14.7 Å². The highest BCUT2D eigenvalue weighted by molar-refractivity contribution is 5.71. The number of aliphatic hydroxyl groups excluding tert-OH is 1. The molecular formula is C27H28N2O5. The molecule has 0 saturated carbocycles. The fourth-order valence-corrected chi connectivity index (χ4v) is 4.09. The largest absolute Gasteiger partial charge is 0.445 e. The van der Waals surface area contributed by atoms with E-state index in [0.29, 0.717) is 12.8 Å². The minimum Gasteiger partial charge on any atom is -0.445 e. The maximum Gasteiger partial charge on any atom is 0.407 e. The Morgan fingerprint density at radius 3 is 2.09 bits per heavy atom. The molecule has 0 unspecified atom stereocenters. The van der Waals surface area contributed by atoms with Crippen molar-refractivity contribution < 1.29 is 24.2 Å². The number of carbonyl (C=O) groups excluding carboxylic acids is 2. The van der Waals surface area contributed by atoms with Crippen LogP contribution in [0.2, 0.25) is 0 Å². The van der Waals surface area contributed by atoms with Crippen molar-refractivity contribution in [2.24, 2.45) is 0 Å². The third-order valence-electron chi connectivity index (χ3n) is 5.80. The molecule has 176 valence electrons. The van der Waals surface area contributed by atoms with E-state index in [4.69, 9.17) is 9.47 Å². The molecule has 4 rings (SSSR count). The summed E-state index contributed by atoms with van der Waals surface area (Å²) >= 11 is 0. The Hall–Kier alpha value is -3.84. The van der Waals surface area contributed by atoms with E-state index in [1.165, 1.54) is 0 Å². The first kappa shape index (κ1) is 23.3. The summed E-state index contributed by atoms with van der Waals surface area (Å²) in [4.78, 5) is 24.7. The van der Waals surface area contributed by atoms with Gasteiger partial charge in [-0.25, -0.2) is 9.59 Å². The fraction of sp³-hybridized carbons (Fsp3) is 0.259. The van der Waals surface area contributed by atoms with Crippen LogP contribution in [0.5, 0.6) is 0 Å². The zero-order valence-electron chi connectivity index (χ0n) is 18.7. The average molecular weight is 461 g/mol. The molecule has 3 N–H and O–H groups in total. The molecular weight excluding hydrogens is 432 g/mol. The van der Waals surface area contributed by atoms with E-state index in [1.54, 1.807) is 0 Å². The molecule has 0 aromatic heterocycles. The maximum atomic E-state index is 12.6. The van der Waals surface area contributed by atoms with Crippen LogP contribution in [0, 0.1) is 0 Å². The number of amides is 2. The van der Waals surface area contributed by atoms with Gasteiger partial charge in [0.15, 0.2) is 6.10 Å². The smallest absolute Gasteiger partial charge is 0.407 e. The van der Waals surface area contributed by atoms with Crippen LogP contribution < -0.4 is 10.6 Å². The van der Waals surface area contributed by atoms with E-state index < -0.39 is 36.5 Å². The summed E-state index contributed by atoms with van der Waals surface area (Å²) < 4.78 is 10.8. The average Bonchev–Trinajstić information content (AvgIpc) is 3.23. The Labute approximate surface area is 198 Å². The summed E-state index contributed by atoms with van der Waals surface area (Å²) in [6.07, 6.45) is -2.40. The summed E-state index contributed by atoms with van der Waals surface area (Å²) in [6, 6.07) is 27.3. The summed E-state index contributed by atoms with van der Waals surface area (Å²) in [6.45, 7) is 0.109. The number of rotatable bonds is 9. The van der Waals surface area contributed by atoms with Gasteiger partial charge in [-0.1, -0.05) is 91.0 Å². The molecule has 3 aromatic rings. The Kier molecular flexibility index (Phi) is 7.78. The van der Waals surface area contributed by atoms with E-state index in [-0.39, 0.29) is 6.61 Å². The Balaban J connectivity index is 1.47. The van der Waals surface area contributed by atoms with Crippen LogP contribution in [0.25, 0.3) is 0 Å². The molecule has 0 spiro atoms. The van der Waals surface area contributed by atoms with Gasteiger partial charge in [-0.05, 0) is 29.5 Å². The van der Waals surface area contributed by atoms with Crippen LogP contribution in [0.3, 0.4) is 0 Å². The van der Waals surface area contributed by atoms with Crippen LogP contribution >= 0.6 is 0 Å². The third-order valence-corrected chi connectivity index (χ3v) is 5.80. The second kappa shape index (κ2) is 11.3. The molecule has 1 saturated heterocycles. The highest BCUT2D eigenvalue weighted by Crippen LogP contribution is 2.21. The van der Waals surface area contributed by atoms with Gasteiger partial charge in [-0.3, -0.25) is 0 Å². The molecule has 0 radical (unpaired) electrons. The van der Waals surface area contributed by atoms with Crippen molar-refractivity contribution >= 4 is 12.2 Å². The molecule has 34 heavy (non-hydrogen) atoms. The first-order valence-electron chi connectivity index (χ1n) is 11.3. The van der Waals surface area contributed by atoms with E-state index in [0.717, 1.165) is 16.7 Å². The molecule has 1 heterocycles. The van der Waals surface area contributed by atoms with Gasteiger partial charge in [0.05, 0.1) is 12.1 Å². The molecule has 1 aliphatic heterocycles. The van der Waals surface area contributed by atoms with E-state index >= 15 is 0 Å². The SMILES string of the molecule is O=C(N[C@@H](Cc1ccccc1)[C@H](O)[C@@H]1OC(=O)N[C@H]1Cc1ccccc1)OCc1ccccc1. The minimum atomic E-state index is -1.16. The summed E-state index contributed by atoms with van der Waals surface area (Å²) in [7, 11) is 0. The number of hydrogen-bond donors (Lipinski definition) is 3. The van der Waals surface area contributed by atoms with Gasteiger partial charge in [0.25, 0.3) is 0 Å². The third kappa shape index (κ3) is 6.36. The predicted molar refractivity (Wildman–Crippen MR) is 127 cm³/mol. The zero-order valence-corrected chi connectivity index (χ0v) is 18.7. The van der Waals surface area contributed by atoms with Gasteiger partial charge in [-0.2, -0.15) is 0 Å². The van der Waals surface area contributed by atoms with Crippen LogP contribution in [0.1, 0.15) is 16.7 Å². The molecule has 1 fully saturated rings. The quantitative estimate of drug-likeness (QED) is 0.453. The van der Waals surface area contributed by atoms with Gasteiger partial charge >= 0.3 is 12.2 Å². The van der Waals surface area contributed by atoms with Gasteiger partial charge in [0.1, 0.15) is 12.7 Å². The first-order chi connectivity index (χ1) is 16.6. The molecule has 3 aromatic carbocycles. The van der Waals surface area contributed by atoms with Gasteiger partial charge in [0, 0.05) is 0 Å². The summed E-state index contributed by atoms with van der Waals surface area (Å²) in [5, 5.41) is 16.9. The molecule has 1 aliphatic rings. The van der Waals surface area contributed by atoms with Crippen LogP contribution in [0.15, 0.2) is 91.0 Å². The molecule has 4 atom stereocenters. The number of alkyl carbamates (subject to hydrolysis) is 2. The lowest BCUT2D eigenvalue weighted by molar-refractivity contribution is -0.00326. The fourth-order valence-electron chi connectivity index (χ4n) is 4.09. The standard InChI is InChI=1S/C27H28N2O5/c30-24(25-23(29-27(32)34-25)17-20-12-6-2-7-13-20)22(16-19-10-4-1-5-11-19)28-26(31)33-18-21-14-8-3-9-15-21/h1-15,22-25,30H,16-18H2,(H,28,31)(H,29,32)/t22-,23-,24-,25+/m0/s1. The van der Waals surface area contributed by atoms with Gasteiger partial charge < -0.3 is 25.2 Å². The van der Waals surface area contributed by atoms with Crippen molar-refractivity contribution in [1.82, 2.24) is 10.6 Å². The van der Waals surface area contributed by atoms with Gasteiger partial charge in [0.2, 0.25) is 0 Å². The monoisotopic (exact) mass is 460 g/mol. The molecule has 2 amide bonds. The van der Waals surface area contributed by atoms with Crippen LogP contribution in [-0.4, -0.2) is 41.6 Å². The number of aliphatic hydroxyl groups is 1. The lowest BCUT2D eigenvalue weighted by Crippen LogP contribution is -2.53. The second-order valence-corrected chi connectivity index (χ2v) is 8.30. The molecule has 7 nitrogen and oxygen atoms in total. The number of carbonyl (C=O) groups is 2. The lowest BCUT2D eigenvalue weighted by Gasteiger charge is -2.29. The summed E-state index contributed by atoms with van der Waals surface area (Å²) in [5.74, 6) is 0. The van der Waals surface area contributed by atoms with E-state index in [2.05, 4.69) is 10.6 Å². The first-order valence-corrected chi connectivity index (χ1v) is 11.3. The second-order valence-electron chi connectivity index (χ2n) is 8.30. The van der Waals surface area contributed by atoms with Crippen molar-refractivity contribution in [3.8, 4) is 0 Å². The Morgan fingerprint density at radius 1 is 0.912 bits per heavy atom. The van der Waals surface area contributed by atoms with Crippen molar-refractivity contribution in [3.63, 3.8) is 0 Å². The molecule has 0 aliphatic carbocycles. The summed E-state index contributed by atoms with van der Waals surface area (Å²) in [5.41, 5.74) is 2.78. The zero-order chi connectivity index (χ0) is 23.8. The number of hydrogen-bond acceptors (Lipinski definition) is 5. The van der Waals surface area contributed by atoms with Gasteiger partial charge in [-0.15, -0.1) is 0 Å². The lowest BCUT2D eigenvalue weighted by atomic mass is 9.92. The number of ether oxygens (including phenoxy) is 2. The topological polar surface area (TPSA) is 96.9 Å². The van der Waals surface area contributed by atoms with Crippen molar-refractivity contribution in [2.45, 2.75) is 43.7 Å². The van der Waals surface area contributed by atoms with Crippen molar-refractivity contribution in [2.75, 3.05) is 0 Å². The number of nitrogens with one attached hydrogen (secondary N) is 2. The predicted octanol–water partition coefficient (Wildman–Crippen LogP) is 3.60. The Bertz CT molecular complexity index is 1060. The number of cyclic esters (lactones) is 1. The van der Waals surface area contributed by atoms with Crippen molar-refractivity contribution in [1.29, 1.82) is 0 Å². The minimum absolute atomic E-state index is 0.109. The normalized spacial score (nSPS) is 18.9. The highest BCUT2D eigenvalue weighted by atomic mass is 16.6. The number of benzene rings is 3. The molecule has 0 bridgehead atoms. The van der Waals surface area contributed by atoms with E-state index in [1.807, 2.05) is 91.0 Å². The van der Waals surface area contributed by atoms with Crippen LogP contribution in [0.4, 0.5) is 9.59 Å². The molecule has 7 heteroatoms. The maximum absolute atomic E-state index is 12.6.